The molecule has 0 saturated heterocycles. The van der Waals surface area contributed by atoms with E-state index in [-0.39, 0.29) is 18.2 Å². The number of methoxy groups -OCH3 is 1. The number of carbonyl (C=O) groups is 1. The molecule has 0 aliphatic rings. The van der Waals surface area contributed by atoms with Crippen LogP contribution in [0.2, 0.25) is 5.02 Å². The van der Waals surface area contributed by atoms with Crippen molar-refractivity contribution in [3.8, 4) is 11.5 Å². The van der Waals surface area contributed by atoms with Gasteiger partial charge in [-0.25, -0.2) is 0 Å². The summed E-state index contributed by atoms with van der Waals surface area (Å²) in [6.07, 6.45) is 0. The maximum atomic E-state index is 12.2. The molecule has 166 valence electrons. The molecule has 0 bridgehead atoms. The molecule has 3 rings (SSSR count). The van der Waals surface area contributed by atoms with Gasteiger partial charge in [0.25, 0.3) is 11.6 Å². The van der Waals surface area contributed by atoms with Crippen molar-refractivity contribution in [3.05, 3.63) is 86.9 Å². The van der Waals surface area contributed by atoms with Crippen LogP contribution >= 0.6 is 11.6 Å². The van der Waals surface area contributed by atoms with Crippen LogP contribution in [0.25, 0.3) is 0 Å². The Hall–Kier alpha value is -3.78. The van der Waals surface area contributed by atoms with Gasteiger partial charge in [0.1, 0.15) is 0 Å². The summed E-state index contributed by atoms with van der Waals surface area (Å²) in [6, 6.07) is 16.8. The number of carbonyl (C=O) groups excluding carboxylic acids is 1. The second kappa shape index (κ2) is 10.5. The Labute approximate surface area is 190 Å². The molecule has 0 heterocycles. The van der Waals surface area contributed by atoms with E-state index in [1.54, 1.807) is 36.4 Å². The van der Waals surface area contributed by atoms with Gasteiger partial charge in [-0.1, -0.05) is 23.7 Å². The summed E-state index contributed by atoms with van der Waals surface area (Å²) in [5.74, 6) is 0.596. The van der Waals surface area contributed by atoms with Crippen LogP contribution < -0.4 is 20.1 Å². The number of nitrogens with zero attached hydrogens (tertiary/aromatic N) is 1. The summed E-state index contributed by atoms with van der Waals surface area (Å²) in [6.45, 7) is 2.17. The molecule has 0 aliphatic carbocycles. The van der Waals surface area contributed by atoms with Gasteiger partial charge in [-0.05, 0) is 54.4 Å². The predicted molar refractivity (Wildman–Crippen MR) is 124 cm³/mol. The van der Waals surface area contributed by atoms with E-state index < -0.39 is 4.92 Å². The van der Waals surface area contributed by atoms with Crippen LogP contribution in [0.15, 0.2) is 60.7 Å². The molecular weight excluding hydrogens is 434 g/mol. The Balaban J connectivity index is 1.56. The van der Waals surface area contributed by atoms with E-state index in [4.69, 9.17) is 21.1 Å². The molecule has 2 N–H and O–H groups in total. The van der Waals surface area contributed by atoms with Crippen molar-refractivity contribution in [1.29, 1.82) is 0 Å². The van der Waals surface area contributed by atoms with E-state index >= 15 is 0 Å². The number of nitro benzene ring substituents is 1. The van der Waals surface area contributed by atoms with Crippen LogP contribution in [-0.4, -0.2) is 24.5 Å². The van der Waals surface area contributed by atoms with Crippen molar-refractivity contribution in [2.45, 2.75) is 13.5 Å². The van der Waals surface area contributed by atoms with Gasteiger partial charge in [-0.3, -0.25) is 14.9 Å². The van der Waals surface area contributed by atoms with Crippen molar-refractivity contribution in [2.75, 3.05) is 24.4 Å². The first-order valence-electron chi connectivity index (χ1n) is 9.70. The van der Waals surface area contributed by atoms with Gasteiger partial charge in [0, 0.05) is 35.1 Å². The van der Waals surface area contributed by atoms with Crippen molar-refractivity contribution in [2.24, 2.45) is 0 Å². The van der Waals surface area contributed by atoms with Crippen LogP contribution in [0.4, 0.5) is 17.1 Å². The average Bonchev–Trinajstić information content (AvgIpc) is 2.79. The second-order valence-corrected chi connectivity index (χ2v) is 7.35. The van der Waals surface area contributed by atoms with Gasteiger partial charge in [0.2, 0.25) is 0 Å². The Bertz CT molecular complexity index is 1120. The van der Waals surface area contributed by atoms with E-state index in [2.05, 4.69) is 10.6 Å². The van der Waals surface area contributed by atoms with Crippen molar-refractivity contribution >= 4 is 34.6 Å². The third-order valence-electron chi connectivity index (χ3n) is 4.62. The normalized spacial score (nSPS) is 10.3. The molecule has 0 aliphatic heterocycles. The monoisotopic (exact) mass is 455 g/mol. The van der Waals surface area contributed by atoms with Gasteiger partial charge in [-0.2, -0.15) is 0 Å². The molecule has 0 spiro atoms. The number of hydrogen-bond acceptors (Lipinski definition) is 6. The summed E-state index contributed by atoms with van der Waals surface area (Å²) in [4.78, 5) is 22.5. The van der Waals surface area contributed by atoms with Gasteiger partial charge < -0.3 is 20.1 Å². The molecule has 3 aromatic rings. The molecule has 0 radical (unpaired) electrons. The minimum atomic E-state index is -0.441. The lowest BCUT2D eigenvalue weighted by Gasteiger charge is -2.13. The summed E-state index contributed by atoms with van der Waals surface area (Å²) < 4.78 is 11.0. The zero-order valence-electron chi connectivity index (χ0n) is 17.6. The molecule has 0 saturated carbocycles. The molecule has 0 atom stereocenters. The number of rotatable bonds is 9. The molecule has 0 fully saturated rings. The second-order valence-electron chi connectivity index (χ2n) is 6.94. The number of nitrogens with one attached hydrogen (secondary N) is 2. The maximum absolute atomic E-state index is 12.2. The molecule has 3 aromatic carbocycles. The van der Waals surface area contributed by atoms with E-state index in [1.165, 1.54) is 19.2 Å². The molecule has 32 heavy (non-hydrogen) atoms. The van der Waals surface area contributed by atoms with Gasteiger partial charge >= 0.3 is 0 Å². The molecule has 8 nitrogen and oxygen atoms in total. The number of hydrogen-bond donors (Lipinski definition) is 2. The van der Waals surface area contributed by atoms with Crippen molar-refractivity contribution in [1.82, 2.24) is 0 Å². The number of ether oxygens (including phenoxy) is 2. The zero-order chi connectivity index (χ0) is 23.1. The number of benzene rings is 3. The lowest BCUT2D eigenvalue weighted by atomic mass is 10.2. The highest BCUT2D eigenvalue weighted by Gasteiger charge is 2.10. The van der Waals surface area contributed by atoms with Crippen LogP contribution in [0.3, 0.4) is 0 Å². The average molecular weight is 456 g/mol. The van der Waals surface area contributed by atoms with Gasteiger partial charge in [0.05, 0.1) is 12.0 Å². The first-order valence-corrected chi connectivity index (χ1v) is 10.1. The van der Waals surface area contributed by atoms with E-state index in [9.17, 15) is 14.9 Å². The number of anilines is 2. The van der Waals surface area contributed by atoms with Gasteiger partial charge in [0.15, 0.2) is 18.1 Å². The zero-order valence-corrected chi connectivity index (χ0v) is 18.3. The fourth-order valence-electron chi connectivity index (χ4n) is 2.86. The lowest BCUT2D eigenvalue weighted by molar-refractivity contribution is -0.384. The number of non-ortho nitro benzene ring substituents is 1. The molecule has 0 unspecified atom stereocenters. The molecule has 9 heteroatoms. The summed E-state index contributed by atoms with van der Waals surface area (Å²) >= 11 is 6.08. The third kappa shape index (κ3) is 6.12. The summed E-state index contributed by atoms with van der Waals surface area (Å²) in [5, 5.41) is 17.2. The van der Waals surface area contributed by atoms with Crippen LogP contribution in [0, 0.1) is 17.0 Å². The highest BCUT2D eigenvalue weighted by molar-refractivity contribution is 6.31. The first kappa shape index (κ1) is 22.9. The predicted octanol–water partition coefficient (Wildman–Crippen LogP) is 5.19. The number of nitro groups is 1. The molecular formula is C23H22ClN3O5. The standard InChI is InChI=1S/C23H22ClN3O5/c1-15-3-5-18(12-20(15)24)26-23(28)14-32-21-10-4-16(11-22(21)31-2)13-25-17-6-8-19(9-7-17)27(29)30/h3-12,25H,13-14H2,1-2H3,(H,26,28). The minimum absolute atomic E-state index is 0.0354. The van der Waals surface area contributed by atoms with E-state index in [0.29, 0.717) is 28.8 Å². The van der Waals surface area contributed by atoms with Crippen LogP contribution in [0.5, 0.6) is 11.5 Å². The smallest absolute Gasteiger partial charge is 0.269 e. The van der Waals surface area contributed by atoms with Crippen molar-refractivity contribution < 1.29 is 19.2 Å². The van der Waals surface area contributed by atoms with Gasteiger partial charge in [-0.15, -0.1) is 0 Å². The minimum Gasteiger partial charge on any atom is -0.493 e. The summed E-state index contributed by atoms with van der Waals surface area (Å²) in [5.41, 5.74) is 3.21. The fraction of sp³-hybridized carbons (Fsp3) is 0.174. The Morgan fingerprint density at radius 1 is 1.03 bits per heavy atom. The number of halogens is 1. The largest absolute Gasteiger partial charge is 0.493 e. The quantitative estimate of drug-likeness (QED) is 0.340. The fourth-order valence-corrected chi connectivity index (χ4v) is 3.04. The van der Waals surface area contributed by atoms with Crippen LogP contribution in [-0.2, 0) is 11.3 Å². The lowest BCUT2D eigenvalue weighted by Crippen LogP contribution is -2.20. The molecule has 0 aromatic heterocycles. The van der Waals surface area contributed by atoms with Crippen molar-refractivity contribution in [3.63, 3.8) is 0 Å². The third-order valence-corrected chi connectivity index (χ3v) is 5.02. The highest BCUT2D eigenvalue weighted by Crippen LogP contribution is 2.29. The van der Waals surface area contributed by atoms with E-state index in [0.717, 1.165) is 16.8 Å². The maximum Gasteiger partial charge on any atom is 0.269 e. The number of amides is 1. The molecule has 1 amide bonds. The number of aryl methyl sites for hydroxylation is 1. The highest BCUT2D eigenvalue weighted by atomic mass is 35.5. The topological polar surface area (TPSA) is 103 Å². The van der Waals surface area contributed by atoms with Crippen LogP contribution in [0.1, 0.15) is 11.1 Å². The Morgan fingerprint density at radius 2 is 1.75 bits per heavy atom. The first-order chi connectivity index (χ1) is 15.4. The summed E-state index contributed by atoms with van der Waals surface area (Å²) in [7, 11) is 1.52. The Kier molecular flexibility index (Phi) is 7.51. The Morgan fingerprint density at radius 3 is 2.41 bits per heavy atom. The SMILES string of the molecule is COc1cc(CNc2ccc([N+](=O)[O-])cc2)ccc1OCC(=O)Nc1ccc(C)c(Cl)c1. The van der Waals surface area contributed by atoms with E-state index in [1.807, 2.05) is 19.1 Å².